The molecule has 0 saturated heterocycles. The molecule has 21 heavy (non-hydrogen) atoms. The van der Waals surface area contributed by atoms with Crippen LogP contribution in [0.3, 0.4) is 0 Å². The van der Waals surface area contributed by atoms with Crippen LogP contribution in [-0.2, 0) is 15.4 Å². The summed E-state index contributed by atoms with van der Waals surface area (Å²) in [4.78, 5) is 0.340. The zero-order chi connectivity index (χ0) is 16.3. The summed E-state index contributed by atoms with van der Waals surface area (Å²) in [7, 11) is -3.50. The van der Waals surface area contributed by atoms with E-state index in [-0.39, 0.29) is 5.41 Å². The van der Waals surface area contributed by atoms with Gasteiger partial charge in [0.05, 0.1) is 11.0 Å². The minimum absolute atomic E-state index is 0.0930. The normalized spacial score (nSPS) is 14.2. The summed E-state index contributed by atoms with van der Waals surface area (Å²) in [6.07, 6.45) is 0.804. The van der Waals surface area contributed by atoms with Crippen LogP contribution < -0.4 is 4.72 Å². The van der Waals surface area contributed by atoms with Gasteiger partial charge in [-0.2, -0.15) is 0 Å². The van der Waals surface area contributed by atoms with Gasteiger partial charge in [0.15, 0.2) is 0 Å². The van der Waals surface area contributed by atoms with Crippen LogP contribution in [0, 0.1) is 6.92 Å². The second-order valence-electron chi connectivity index (χ2n) is 6.62. The summed E-state index contributed by atoms with van der Waals surface area (Å²) < 4.78 is 27.4. The van der Waals surface area contributed by atoms with Gasteiger partial charge in [-0.15, -0.1) is 0 Å². The molecule has 2 N–H and O–H groups in total. The summed E-state index contributed by atoms with van der Waals surface area (Å²) in [5.41, 5.74) is 1.65. The maximum absolute atomic E-state index is 12.4. The fourth-order valence-corrected chi connectivity index (χ4v) is 3.38. The fraction of sp³-hybridized carbons (Fsp3) is 0.625. The molecule has 0 bridgehead atoms. The van der Waals surface area contributed by atoms with Gasteiger partial charge in [-0.05, 0) is 49.3 Å². The molecule has 120 valence electrons. The highest BCUT2D eigenvalue weighted by Gasteiger charge is 2.21. The first kappa shape index (κ1) is 18.1. The van der Waals surface area contributed by atoms with Crippen LogP contribution in [-0.4, -0.2) is 26.2 Å². The van der Waals surface area contributed by atoms with Gasteiger partial charge < -0.3 is 5.11 Å². The third kappa shape index (κ3) is 5.41. The van der Waals surface area contributed by atoms with Gasteiger partial charge in [0.2, 0.25) is 10.0 Å². The van der Waals surface area contributed by atoms with E-state index in [1.54, 1.807) is 19.9 Å². The standard InChI is InChI=1S/C16H27NO3S/c1-12-8-9-14(16(3,4)5)11-15(12)21(19,20)17-10-6-7-13(2)18/h8-9,11,13,17-18H,6-7,10H2,1-5H3. The number of hydrogen-bond acceptors (Lipinski definition) is 3. The van der Waals surface area contributed by atoms with Gasteiger partial charge in [0, 0.05) is 6.54 Å². The van der Waals surface area contributed by atoms with E-state index in [9.17, 15) is 13.5 Å². The Bertz CT molecular complexity index is 572. The molecular formula is C16H27NO3S. The van der Waals surface area contributed by atoms with Crippen molar-refractivity contribution < 1.29 is 13.5 Å². The Kier molecular flexibility index (Phi) is 5.96. The van der Waals surface area contributed by atoms with Crippen LogP contribution in [0.5, 0.6) is 0 Å². The summed E-state index contributed by atoms with van der Waals surface area (Å²) in [6, 6.07) is 5.58. The summed E-state index contributed by atoms with van der Waals surface area (Å²) >= 11 is 0. The number of hydrogen-bond donors (Lipinski definition) is 2. The van der Waals surface area contributed by atoms with Gasteiger partial charge >= 0.3 is 0 Å². The lowest BCUT2D eigenvalue weighted by Crippen LogP contribution is -2.26. The number of aliphatic hydroxyl groups is 1. The molecule has 0 radical (unpaired) electrons. The molecule has 0 fully saturated rings. The largest absolute Gasteiger partial charge is 0.393 e. The fourth-order valence-electron chi connectivity index (χ4n) is 2.04. The van der Waals surface area contributed by atoms with Crippen LogP contribution >= 0.6 is 0 Å². The first-order valence-electron chi connectivity index (χ1n) is 7.33. The SMILES string of the molecule is Cc1ccc(C(C)(C)C)cc1S(=O)(=O)NCCCC(C)O. The van der Waals surface area contributed by atoms with Gasteiger partial charge in [-0.25, -0.2) is 13.1 Å². The average molecular weight is 313 g/mol. The predicted molar refractivity (Wildman–Crippen MR) is 86.0 cm³/mol. The quantitative estimate of drug-likeness (QED) is 0.794. The number of rotatable bonds is 6. The highest BCUT2D eigenvalue weighted by molar-refractivity contribution is 7.89. The first-order chi connectivity index (χ1) is 9.54. The number of nitrogens with one attached hydrogen (secondary N) is 1. The molecule has 5 heteroatoms. The predicted octanol–water partition coefficient (Wildman–Crippen LogP) is 2.73. The Labute approximate surface area is 128 Å². The van der Waals surface area contributed by atoms with Crippen LogP contribution in [0.4, 0.5) is 0 Å². The van der Waals surface area contributed by atoms with E-state index >= 15 is 0 Å². The number of benzene rings is 1. The second kappa shape index (κ2) is 6.90. The van der Waals surface area contributed by atoms with E-state index in [4.69, 9.17) is 0 Å². The molecule has 0 saturated carbocycles. The Morgan fingerprint density at radius 3 is 2.43 bits per heavy atom. The lowest BCUT2D eigenvalue weighted by atomic mass is 9.87. The topological polar surface area (TPSA) is 66.4 Å². The molecule has 0 amide bonds. The molecule has 0 heterocycles. The lowest BCUT2D eigenvalue weighted by molar-refractivity contribution is 0.182. The molecule has 1 unspecified atom stereocenters. The van der Waals surface area contributed by atoms with E-state index in [0.29, 0.717) is 24.3 Å². The lowest BCUT2D eigenvalue weighted by Gasteiger charge is -2.21. The van der Waals surface area contributed by atoms with Crippen molar-refractivity contribution >= 4 is 10.0 Å². The third-order valence-corrected chi connectivity index (χ3v) is 5.04. The van der Waals surface area contributed by atoms with Crippen LogP contribution in [0.25, 0.3) is 0 Å². The minimum Gasteiger partial charge on any atom is -0.393 e. The Morgan fingerprint density at radius 2 is 1.90 bits per heavy atom. The maximum Gasteiger partial charge on any atom is 0.240 e. The Hall–Kier alpha value is -0.910. The monoisotopic (exact) mass is 313 g/mol. The summed E-state index contributed by atoms with van der Waals surface area (Å²) in [5.74, 6) is 0. The molecule has 0 aliphatic carbocycles. The minimum atomic E-state index is -3.50. The van der Waals surface area contributed by atoms with E-state index in [1.807, 2.05) is 12.1 Å². The molecule has 0 aliphatic heterocycles. The zero-order valence-electron chi connectivity index (χ0n) is 13.6. The smallest absolute Gasteiger partial charge is 0.240 e. The highest BCUT2D eigenvalue weighted by atomic mass is 32.2. The van der Waals surface area contributed by atoms with Crippen molar-refractivity contribution in [3.63, 3.8) is 0 Å². The summed E-state index contributed by atoms with van der Waals surface area (Å²) in [5, 5.41) is 9.19. The number of aliphatic hydroxyl groups excluding tert-OH is 1. The third-order valence-electron chi connectivity index (χ3n) is 3.43. The van der Waals surface area contributed by atoms with Crippen LogP contribution in [0.1, 0.15) is 51.7 Å². The van der Waals surface area contributed by atoms with Crippen molar-refractivity contribution in [1.29, 1.82) is 0 Å². The average Bonchev–Trinajstić information content (AvgIpc) is 2.33. The van der Waals surface area contributed by atoms with Crippen molar-refractivity contribution in [2.75, 3.05) is 6.54 Å². The molecule has 0 spiro atoms. The molecule has 1 atom stereocenters. The van der Waals surface area contributed by atoms with Crippen molar-refractivity contribution in [2.45, 2.75) is 63.9 Å². The Balaban J connectivity index is 2.92. The van der Waals surface area contributed by atoms with Crippen LogP contribution in [0.2, 0.25) is 0 Å². The van der Waals surface area contributed by atoms with Gasteiger partial charge in [-0.1, -0.05) is 32.9 Å². The molecular weight excluding hydrogens is 286 g/mol. The number of aryl methyl sites for hydroxylation is 1. The summed E-state index contributed by atoms with van der Waals surface area (Å²) in [6.45, 7) is 10.0. The van der Waals surface area contributed by atoms with E-state index in [0.717, 1.165) is 11.1 Å². The van der Waals surface area contributed by atoms with Crippen molar-refractivity contribution in [2.24, 2.45) is 0 Å². The van der Waals surface area contributed by atoms with Crippen molar-refractivity contribution in [1.82, 2.24) is 4.72 Å². The number of sulfonamides is 1. The van der Waals surface area contributed by atoms with E-state index < -0.39 is 16.1 Å². The molecule has 1 rings (SSSR count). The van der Waals surface area contributed by atoms with Crippen molar-refractivity contribution in [3.8, 4) is 0 Å². The van der Waals surface area contributed by atoms with Gasteiger partial charge in [-0.3, -0.25) is 0 Å². The van der Waals surface area contributed by atoms with Gasteiger partial charge in [0.25, 0.3) is 0 Å². The maximum atomic E-state index is 12.4. The van der Waals surface area contributed by atoms with E-state index in [1.165, 1.54) is 0 Å². The molecule has 0 aliphatic rings. The first-order valence-corrected chi connectivity index (χ1v) is 8.81. The second-order valence-corrected chi connectivity index (χ2v) is 8.35. The Morgan fingerprint density at radius 1 is 1.29 bits per heavy atom. The van der Waals surface area contributed by atoms with Crippen molar-refractivity contribution in [3.05, 3.63) is 29.3 Å². The molecule has 0 aromatic heterocycles. The highest BCUT2D eigenvalue weighted by Crippen LogP contribution is 2.26. The molecule has 4 nitrogen and oxygen atoms in total. The van der Waals surface area contributed by atoms with Gasteiger partial charge in [0.1, 0.15) is 0 Å². The van der Waals surface area contributed by atoms with Crippen LogP contribution in [0.15, 0.2) is 23.1 Å². The molecule has 1 aromatic rings. The zero-order valence-corrected chi connectivity index (χ0v) is 14.4. The molecule has 1 aromatic carbocycles. The van der Waals surface area contributed by atoms with E-state index in [2.05, 4.69) is 25.5 Å².